The Labute approximate surface area is 177 Å². The fraction of sp³-hybridized carbons (Fsp3) is 0.190. The molecule has 4 aromatic rings. The predicted molar refractivity (Wildman–Crippen MR) is 114 cm³/mol. The minimum Gasteiger partial charge on any atom is -0.396 e. The van der Waals surface area contributed by atoms with Crippen LogP contribution in [0.25, 0.3) is 16.6 Å². The summed E-state index contributed by atoms with van der Waals surface area (Å²) in [4.78, 5) is 1.72. The van der Waals surface area contributed by atoms with E-state index < -0.39 is 6.10 Å². The summed E-state index contributed by atoms with van der Waals surface area (Å²) in [6.07, 6.45) is 6.78. The lowest BCUT2D eigenvalue weighted by atomic mass is 10.1. The van der Waals surface area contributed by atoms with Crippen LogP contribution in [0, 0.1) is 11.3 Å². The van der Waals surface area contributed by atoms with Gasteiger partial charge in [-0.1, -0.05) is 23.9 Å². The fourth-order valence-electron chi connectivity index (χ4n) is 3.12. The van der Waals surface area contributed by atoms with Crippen molar-refractivity contribution >= 4 is 23.0 Å². The van der Waals surface area contributed by atoms with Crippen LogP contribution < -0.4 is 5.73 Å². The Morgan fingerprint density at radius 1 is 1.13 bits per heavy atom. The molecular formula is C21H20N6O2S. The number of aliphatic hydroxyl groups excluding tert-OH is 2. The van der Waals surface area contributed by atoms with Gasteiger partial charge < -0.3 is 15.9 Å². The zero-order chi connectivity index (χ0) is 21.1. The summed E-state index contributed by atoms with van der Waals surface area (Å²) < 4.78 is 3.46. The molecule has 9 heteroatoms. The Hall–Kier alpha value is -3.32. The highest BCUT2D eigenvalue weighted by atomic mass is 32.2. The molecule has 0 fully saturated rings. The summed E-state index contributed by atoms with van der Waals surface area (Å²) in [6, 6.07) is 11.7. The summed E-state index contributed by atoms with van der Waals surface area (Å²) in [7, 11) is 0. The van der Waals surface area contributed by atoms with Gasteiger partial charge in [-0.25, -0.2) is 4.52 Å². The second-order valence-corrected chi connectivity index (χ2v) is 7.90. The largest absolute Gasteiger partial charge is 0.396 e. The highest BCUT2D eigenvalue weighted by Crippen LogP contribution is 2.37. The molecule has 0 saturated heterocycles. The standard InChI is InChI=1S/C21H20N6O2S/c22-8-14-3-1-2-4-19(14)30-20-7-15(12-27-21(20)18(23)10-25-27)16-9-24-26(11-16)6-5-17(29)13-28/h1-4,7,9-12,17,28-29H,5-6,13,23H2/t17-/m1/s1. The van der Waals surface area contributed by atoms with Crippen molar-refractivity contribution in [2.24, 2.45) is 0 Å². The maximum absolute atomic E-state index is 9.54. The maximum Gasteiger partial charge on any atom is 0.103 e. The molecule has 0 saturated carbocycles. The van der Waals surface area contributed by atoms with Crippen LogP contribution in [-0.4, -0.2) is 42.3 Å². The molecule has 0 aliphatic carbocycles. The maximum atomic E-state index is 9.54. The van der Waals surface area contributed by atoms with Gasteiger partial charge in [0.2, 0.25) is 0 Å². The molecule has 0 spiro atoms. The van der Waals surface area contributed by atoms with Crippen LogP contribution in [0.5, 0.6) is 0 Å². The lowest BCUT2D eigenvalue weighted by molar-refractivity contribution is 0.0838. The van der Waals surface area contributed by atoms with E-state index in [1.807, 2.05) is 36.7 Å². The van der Waals surface area contributed by atoms with Crippen LogP contribution in [0.3, 0.4) is 0 Å². The Balaban J connectivity index is 1.71. The van der Waals surface area contributed by atoms with Gasteiger partial charge in [0.25, 0.3) is 0 Å². The van der Waals surface area contributed by atoms with Gasteiger partial charge in [0.15, 0.2) is 0 Å². The fourth-order valence-corrected chi connectivity index (χ4v) is 4.22. The molecule has 0 radical (unpaired) electrons. The van der Waals surface area contributed by atoms with Gasteiger partial charge in [-0.3, -0.25) is 4.68 Å². The van der Waals surface area contributed by atoms with Gasteiger partial charge >= 0.3 is 0 Å². The van der Waals surface area contributed by atoms with Crippen molar-refractivity contribution in [2.75, 3.05) is 12.3 Å². The van der Waals surface area contributed by atoms with Crippen LogP contribution in [0.1, 0.15) is 12.0 Å². The molecule has 0 amide bonds. The van der Waals surface area contributed by atoms with E-state index in [0.717, 1.165) is 26.4 Å². The van der Waals surface area contributed by atoms with Crippen molar-refractivity contribution in [1.29, 1.82) is 5.26 Å². The van der Waals surface area contributed by atoms with Crippen molar-refractivity contribution < 1.29 is 10.2 Å². The molecular weight excluding hydrogens is 400 g/mol. The van der Waals surface area contributed by atoms with Crippen LogP contribution >= 0.6 is 11.8 Å². The number of pyridine rings is 1. The third-order valence-electron chi connectivity index (χ3n) is 4.70. The van der Waals surface area contributed by atoms with Crippen LogP contribution in [-0.2, 0) is 6.54 Å². The molecule has 30 heavy (non-hydrogen) atoms. The second-order valence-electron chi connectivity index (χ2n) is 6.81. The molecule has 3 heterocycles. The molecule has 1 aromatic carbocycles. The number of nitrogens with two attached hydrogens (primary N) is 1. The smallest absolute Gasteiger partial charge is 0.103 e. The number of aromatic nitrogens is 4. The van der Waals surface area contributed by atoms with E-state index in [1.165, 1.54) is 11.8 Å². The first-order valence-electron chi connectivity index (χ1n) is 9.34. The molecule has 0 bridgehead atoms. The normalized spacial score (nSPS) is 12.2. The predicted octanol–water partition coefficient (Wildman–Crippen LogP) is 2.55. The van der Waals surface area contributed by atoms with Crippen LogP contribution in [0.4, 0.5) is 5.69 Å². The monoisotopic (exact) mass is 420 g/mol. The topological polar surface area (TPSA) is 125 Å². The number of aliphatic hydroxyl groups is 2. The number of fused-ring (bicyclic) bond motifs is 1. The number of rotatable bonds is 7. The van der Waals surface area contributed by atoms with Crippen molar-refractivity contribution in [1.82, 2.24) is 19.4 Å². The SMILES string of the molecule is N#Cc1ccccc1Sc1cc(-c2cnn(CC[C@@H](O)CO)c2)cn2ncc(N)c12. The molecule has 0 aliphatic heterocycles. The van der Waals surface area contributed by atoms with E-state index in [-0.39, 0.29) is 6.61 Å². The third-order valence-corrected chi connectivity index (χ3v) is 5.81. The molecule has 0 aliphatic rings. The zero-order valence-corrected chi connectivity index (χ0v) is 16.8. The molecule has 152 valence electrons. The molecule has 1 atom stereocenters. The second kappa shape index (κ2) is 8.59. The lowest BCUT2D eigenvalue weighted by Gasteiger charge is -2.09. The first kappa shape index (κ1) is 20.0. The number of benzene rings is 1. The summed E-state index contributed by atoms with van der Waals surface area (Å²) in [5.74, 6) is 0. The Morgan fingerprint density at radius 3 is 2.77 bits per heavy atom. The highest BCUT2D eigenvalue weighted by molar-refractivity contribution is 7.99. The number of hydrogen-bond acceptors (Lipinski definition) is 7. The van der Waals surface area contributed by atoms with E-state index in [1.54, 1.807) is 27.7 Å². The van der Waals surface area contributed by atoms with Crippen molar-refractivity contribution in [3.05, 3.63) is 60.7 Å². The number of nitrogen functional groups attached to an aromatic ring is 1. The summed E-state index contributed by atoms with van der Waals surface area (Å²) in [5, 5.41) is 36.6. The number of nitriles is 1. The highest BCUT2D eigenvalue weighted by Gasteiger charge is 2.14. The first-order valence-corrected chi connectivity index (χ1v) is 10.2. The molecule has 4 rings (SSSR count). The van der Waals surface area contributed by atoms with E-state index in [2.05, 4.69) is 16.3 Å². The first-order chi connectivity index (χ1) is 14.6. The van der Waals surface area contributed by atoms with Crippen molar-refractivity contribution in [3.8, 4) is 17.2 Å². The Kier molecular flexibility index (Phi) is 5.72. The molecule has 3 aromatic heterocycles. The quantitative estimate of drug-likeness (QED) is 0.419. The minimum atomic E-state index is -0.760. The third kappa shape index (κ3) is 4.02. The number of hydrogen-bond donors (Lipinski definition) is 3. The van der Waals surface area contributed by atoms with Gasteiger partial charge in [0.05, 0.1) is 36.4 Å². The van der Waals surface area contributed by atoms with Crippen molar-refractivity contribution in [2.45, 2.75) is 28.9 Å². The van der Waals surface area contributed by atoms with E-state index in [4.69, 9.17) is 10.8 Å². The van der Waals surface area contributed by atoms with E-state index in [0.29, 0.717) is 24.2 Å². The van der Waals surface area contributed by atoms with Crippen molar-refractivity contribution in [3.63, 3.8) is 0 Å². The summed E-state index contributed by atoms with van der Waals surface area (Å²) in [5.41, 5.74) is 9.89. The average Bonchev–Trinajstić information content (AvgIpc) is 3.39. The van der Waals surface area contributed by atoms with Gasteiger partial charge in [0, 0.05) is 39.9 Å². The molecule has 0 unspecified atom stereocenters. The Bertz CT molecular complexity index is 1230. The molecule has 8 nitrogen and oxygen atoms in total. The molecule has 4 N–H and O–H groups in total. The van der Waals surface area contributed by atoms with Gasteiger partial charge in [-0.2, -0.15) is 15.5 Å². The zero-order valence-electron chi connectivity index (χ0n) is 16.0. The summed E-state index contributed by atoms with van der Waals surface area (Å²) >= 11 is 1.47. The van der Waals surface area contributed by atoms with Crippen LogP contribution in [0.15, 0.2) is 64.9 Å². The van der Waals surface area contributed by atoms with E-state index >= 15 is 0 Å². The summed E-state index contributed by atoms with van der Waals surface area (Å²) in [6.45, 7) is 0.228. The number of aryl methyl sites for hydroxylation is 1. The Morgan fingerprint density at radius 2 is 1.97 bits per heavy atom. The number of nitrogens with zero attached hydrogens (tertiary/aromatic N) is 5. The van der Waals surface area contributed by atoms with Gasteiger partial charge in [-0.05, 0) is 24.6 Å². The van der Waals surface area contributed by atoms with Gasteiger partial charge in [-0.15, -0.1) is 0 Å². The minimum absolute atomic E-state index is 0.268. The average molecular weight is 420 g/mol. The lowest BCUT2D eigenvalue weighted by Crippen LogP contribution is -2.15. The number of anilines is 1. The van der Waals surface area contributed by atoms with Crippen LogP contribution in [0.2, 0.25) is 0 Å². The van der Waals surface area contributed by atoms with E-state index in [9.17, 15) is 10.4 Å². The van der Waals surface area contributed by atoms with Gasteiger partial charge in [0.1, 0.15) is 11.6 Å².